The molecule has 0 bridgehead atoms. The molecule has 2 nitrogen and oxygen atoms in total. The number of aliphatic hydroxyl groups is 1. The van der Waals surface area contributed by atoms with Crippen molar-refractivity contribution < 1.29 is 9.32 Å². The molecule has 1 saturated carbocycles. The normalized spacial score (nSPS) is 26.6. The van der Waals surface area contributed by atoms with Gasteiger partial charge < -0.3 is 5.11 Å². The first-order chi connectivity index (χ1) is 10.5. The summed E-state index contributed by atoms with van der Waals surface area (Å²) in [6, 6.07) is 7.79. The van der Waals surface area contributed by atoms with Gasteiger partial charge in [-0.3, -0.25) is 4.21 Å². The number of unbranched alkanes of at least 4 members (excludes halogenated alkanes) is 3. The van der Waals surface area contributed by atoms with E-state index in [1.165, 1.54) is 37.7 Å². The zero-order valence-corrected chi connectivity index (χ0v) is 15.0. The number of hydrogen-bond acceptors (Lipinski definition) is 2. The standard InChI is InChI=1S/C19H30O2S/c1-4-5-6-7-8-16-13-19(16,3)18(20)14-22(21)17-11-9-15(2)10-12-17/h9-12,16,18,20H,4-8,13-14H2,1-3H3/t16-,18+,19-,22+/m1/s1. The smallest absolute Gasteiger partial charge is 0.0715 e. The van der Waals surface area contributed by atoms with Crippen LogP contribution >= 0.6 is 0 Å². The molecule has 1 aromatic rings. The fourth-order valence-corrected chi connectivity index (χ4v) is 4.55. The van der Waals surface area contributed by atoms with Crippen LogP contribution in [0.4, 0.5) is 0 Å². The van der Waals surface area contributed by atoms with Gasteiger partial charge in [-0.1, -0.05) is 57.2 Å². The molecule has 0 radical (unpaired) electrons. The van der Waals surface area contributed by atoms with Crippen molar-refractivity contribution in [2.75, 3.05) is 5.75 Å². The maximum Gasteiger partial charge on any atom is 0.0715 e. The van der Waals surface area contributed by atoms with Gasteiger partial charge in [-0.05, 0) is 43.2 Å². The van der Waals surface area contributed by atoms with Gasteiger partial charge >= 0.3 is 0 Å². The van der Waals surface area contributed by atoms with Crippen molar-refractivity contribution in [3.8, 4) is 0 Å². The van der Waals surface area contributed by atoms with E-state index in [-0.39, 0.29) is 5.41 Å². The van der Waals surface area contributed by atoms with Crippen molar-refractivity contribution in [2.24, 2.45) is 11.3 Å². The van der Waals surface area contributed by atoms with Crippen LogP contribution < -0.4 is 0 Å². The average Bonchev–Trinajstić information content (AvgIpc) is 3.16. The van der Waals surface area contributed by atoms with Crippen LogP contribution in [0.2, 0.25) is 0 Å². The topological polar surface area (TPSA) is 37.3 Å². The Balaban J connectivity index is 1.81. The minimum atomic E-state index is -1.10. The maximum atomic E-state index is 12.4. The van der Waals surface area contributed by atoms with E-state index in [2.05, 4.69) is 13.8 Å². The Morgan fingerprint density at radius 3 is 2.59 bits per heavy atom. The van der Waals surface area contributed by atoms with Crippen LogP contribution in [0.25, 0.3) is 0 Å². The van der Waals surface area contributed by atoms with Gasteiger partial charge in [0.15, 0.2) is 0 Å². The van der Waals surface area contributed by atoms with Gasteiger partial charge in [0.25, 0.3) is 0 Å². The SMILES string of the molecule is CCCCCC[C@@H]1C[C@@]1(C)[C@@H](O)C[S@](=O)c1ccc(C)cc1. The maximum absolute atomic E-state index is 12.4. The molecule has 4 atom stereocenters. The number of benzene rings is 1. The molecule has 1 fully saturated rings. The van der Waals surface area contributed by atoms with E-state index >= 15 is 0 Å². The molecule has 0 amide bonds. The number of aliphatic hydroxyl groups excluding tert-OH is 1. The van der Waals surface area contributed by atoms with E-state index in [1.807, 2.05) is 31.2 Å². The predicted molar refractivity (Wildman–Crippen MR) is 93.4 cm³/mol. The first-order valence-electron chi connectivity index (χ1n) is 8.60. The first-order valence-corrected chi connectivity index (χ1v) is 9.92. The molecule has 0 saturated heterocycles. The van der Waals surface area contributed by atoms with Crippen molar-refractivity contribution in [3.63, 3.8) is 0 Å². The third kappa shape index (κ3) is 4.42. The summed E-state index contributed by atoms with van der Waals surface area (Å²) in [6.45, 7) is 6.41. The van der Waals surface area contributed by atoms with Crippen LogP contribution in [0.5, 0.6) is 0 Å². The fraction of sp³-hybridized carbons (Fsp3) is 0.684. The van der Waals surface area contributed by atoms with Crippen molar-refractivity contribution in [1.29, 1.82) is 0 Å². The van der Waals surface area contributed by atoms with Gasteiger partial charge in [0.2, 0.25) is 0 Å². The summed E-state index contributed by atoms with van der Waals surface area (Å²) in [4.78, 5) is 0.827. The lowest BCUT2D eigenvalue weighted by molar-refractivity contribution is 0.113. The van der Waals surface area contributed by atoms with Crippen molar-refractivity contribution >= 4 is 10.8 Å². The lowest BCUT2D eigenvalue weighted by Gasteiger charge is -2.19. The highest BCUT2D eigenvalue weighted by atomic mass is 32.2. The minimum Gasteiger partial charge on any atom is -0.392 e. The van der Waals surface area contributed by atoms with Crippen LogP contribution in [-0.4, -0.2) is 21.2 Å². The van der Waals surface area contributed by atoms with Crippen LogP contribution in [0.15, 0.2) is 29.2 Å². The van der Waals surface area contributed by atoms with Crippen LogP contribution in [0.3, 0.4) is 0 Å². The second-order valence-corrected chi connectivity index (χ2v) is 8.59. The van der Waals surface area contributed by atoms with E-state index in [1.54, 1.807) is 0 Å². The molecule has 124 valence electrons. The average molecular weight is 323 g/mol. The van der Waals surface area contributed by atoms with Crippen LogP contribution in [-0.2, 0) is 10.8 Å². The Bertz CT molecular complexity index is 497. The molecule has 3 heteroatoms. The molecule has 0 aromatic heterocycles. The van der Waals surface area contributed by atoms with E-state index in [0.29, 0.717) is 11.7 Å². The molecular formula is C19H30O2S. The number of hydrogen-bond donors (Lipinski definition) is 1. The lowest BCUT2D eigenvalue weighted by atomic mass is 9.97. The summed E-state index contributed by atoms with van der Waals surface area (Å²) < 4.78 is 12.4. The van der Waals surface area contributed by atoms with E-state index in [9.17, 15) is 9.32 Å². The second-order valence-electron chi connectivity index (χ2n) is 7.10. The van der Waals surface area contributed by atoms with Crippen molar-refractivity contribution in [1.82, 2.24) is 0 Å². The summed E-state index contributed by atoms with van der Waals surface area (Å²) in [5, 5.41) is 10.5. The van der Waals surface area contributed by atoms with Crippen molar-refractivity contribution in [2.45, 2.75) is 70.3 Å². The minimum absolute atomic E-state index is 0.00737. The summed E-state index contributed by atoms with van der Waals surface area (Å²) in [5.74, 6) is 0.986. The van der Waals surface area contributed by atoms with E-state index in [0.717, 1.165) is 11.3 Å². The largest absolute Gasteiger partial charge is 0.392 e. The first kappa shape index (κ1) is 17.7. The summed E-state index contributed by atoms with van der Waals surface area (Å²) in [5.41, 5.74) is 1.16. The van der Waals surface area contributed by atoms with Gasteiger partial charge in [-0.15, -0.1) is 0 Å². The van der Waals surface area contributed by atoms with Gasteiger partial charge in [-0.2, -0.15) is 0 Å². The van der Waals surface area contributed by atoms with Gasteiger partial charge in [-0.25, -0.2) is 0 Å². The summed E-state index contributed by atoms with van der Waals surface area (Å²) in [7, 11) is -1.10. The lowest BCUT2D eigenvalue weighted by Crippen LogP contribution is -2.27. The molecule has 1 aromatic carbocycles. The highest BCUT2D eigenvalue weighted by Crippen LogP contribution is 2.57. The Morgan fingerprint density at radius 1 is 1.27 bits per heavy atom. The van der Waals surface area contributed by atoms with Crippen LogP contribution in [0, 0.1) is 18.3 Å². The monoisotopic (exact) mass is 322 g/mol. The quantitative estimate of drug-likeness (QED) is 0.682. The molecular weight excluding hydrogens is 292 g/mol. The molecule has 1 N–H and O–H groups in total. The van der Waals surface area contributed by atoms with Gasteiger partial charge in [0.1, 0.15) is 0 Å². The Hall–Kier alpha value is -0.670. The van der Waals surface area contributed by atoms with Crippen LogP contribution in [0.1, 0.15) is 57.9 Å². The molecule has 0 heterocycles. The zero-order valence-electron chi connectivity index (χ0n) is 14.2. The number of rotatable bonds is 9. The summed E-state index contributed by atoms with van der Waals surface area (Å²) >= 11 is 0. The van der Waals surface area contributed by atoms with Gasteiger partial charge in [0.05, 0.1) is 22.7 Å². The third-order valence-electron chi connectivity index (χ3n) is 5.22. The van der Waals surface area contributed by atoms with Gasteiger partial charge in [0, 0.05) is 4.90 Å². The Morgan fingerprint density at radius 2 is 1.95 bits per heavy atom. The molecule has 1 aliphatic carbocycles. The highest BCUT2D eigenvalue weighted by Gasteiger charge is 2.54. The molecule has 2 rings (SSSR count). The zero-order chi connectivity index (χ0) is 16.2. The Kier molecular flexibility index (Phi) is 6.22. The fourth-order valence-electron chi connectivity index (χ4n) is 3.25. The highest BCUT2D eigenvalue weighted by molar-refractivity contribution is 7.85. The molecule has 1 aliphatic rings. The molecule has 22 heavy (non-hydrogen) atoms. The molecule has 0 spiro atoms. The molecule has 0 aliphatic heterocycles. The second kappa shape index (κ2) is 7.74. The molecule has 0 unspecified atom stereocenters. The third-order valence-corrected chi connectivity index (χ3v) is 6.64. The van der Waals surface area contributed by atoms with Crippen molar-refractivity contribution in [3.05, 3.63) is 29.8 Å². The number of aryl methyl sites for hydroxylation is 1. The Labute approximate surface area is 137 Å². The summed E-state index contributed by atoms with van der Waals surface area (Å²) in [6.07, 6.45) is 6.99. The predicted octanol–water partition coefficient (Wildman–Crippen LogP) is 4.46. The van der Waals surface area contributed by atoms with E-state index in [4.69, 9.17) is 0 Å². The van der Waals surface area contributed by atoms with E-state index < -0.39 is 16.9 Å².